The summed E-state index contributed by atoms with van der Waals surface area (Å²) in [4.78, 5) is 24.1. The Kier molecular flexibility index (Phi) is 5.49. The third kappa shape index (κ3) is 3.66. The molecule has 7 nitrogen and oxygen atoms in total. The first-order valence-corrected chi connectivity index (χ1v) is 10.3. The summed E-state index contributed by atoms with van der Waals surface area (Å²) < 4.78 is 0. The van der Waals surface area contributed by atoms with Gasteiger partial charge < -0.3 is 25.6 Å². The lowest BCUT2D eigenvalue weighted by Crippen LogP contribution is -2.30. The van der Waals surface area contributed by atoms with E-state index in [1.807, 2.05) is 27.2 Å². The molecular weight excluding hydrogens is 378 g/mol. The minimum atomic E-state index is -0.483. The molecule has 1 atom stereocenters. The molecule has 0 bridgehead atoms. The monoisotopic (exact) mass is 407 g/mol. The second-order valence-corrected chi connectivity index (χ2v) is 8.36. The molecule has 158 valence electrons. The molecule has 30 heavy (non-hydrogen) atoms. The third-order valence-electron chi connectivity index (χ3n) is 5.96. The number of aryl methyl sites for hydroxylation is 1. The predicted molar refractivity (Wildman–Crippen MR) is 120 cm³/mol. The molecular formula is C23H29N5O2. The van der Waals surface area contributed by atoms with Gasteiger partial charge in [0.1, 0.15) is 0 Å². The number of likely N-dealkylation sites (N-methyl/N-ethyl adjacent to an activating group) is 2. The van der Waals surface area contributed by atoms with Crippen molar-refractivity contribution in [3.05, 3.63) is 47.3 Å². The lowest BCUT2D eigenvalue weighted by atomic mass is 9.86. The van der Waals surface area contributed by atoms with E-state index >= 15 is 0 Å². The van der Waals surface area contributed by atoms with Gasteiger partial charge in [0.25, 0.3) is 5.91 Å². The van der Waals surface area contributed by atoms with Gasteiger partial charge in [-0.2, -0.15) is 0 Å². The van der Waals surface area contributed by atoms with Crippen molar-refractivity contribution in [1.82, 2.24) is 14.9 Å². The van der Waals surface area contributed by atoms with Crippen LogP contribution in [0.5, 0.6) is 0 Å². The Morgan fingerprint density at radius 3 is 2.80 bits per heavy atom. The molecule has 2 aromatic carbocycles. The number of nitrogens with zero attached hydrogens (tertiary/aromatic N) is 3. The van der Waals surface area contributed by atoms with Crippen molar-refractivity contribution in [2.24, 2.45) is 5.73 Å². The summed E-state index contributed by atoms with van der Waals surface area (Å²) in [5.41, 5.74) is 12.4. The highest BCUT2D eigenvalue weighted by Gasteiger charge is 2.23. The Balaban J connectivity index is 1.89. The Morgan fingerprint density at radius 2 is 2.07 bits per heavy atom. The molecule has 1 unspecified atom stereocenters. The van der Waals surface area contributed by atoms with Gasteiger partial charge in [-0.25, -0.2) is 4.98 Å². The van der Waals surface area contributed by atoms with Crippen LogP contribution in [-0.4, -0.2) is 60.1 Å². The van der Waals surface area contributed by atoms with Gasteiger partial charge in [0, 0.05) is 25.7 Å². The number of rotatable bonds is 6. The fraction of sp³-hybridized carbons (Fsp3) is 0.391. The number of nitrogens with two attached hydrogens (primary N) is 1. The number of H-pyrrole nitrogens is 1. The Bertz CT molecular complexity index is 1090. The van der Waals surface area contributed by atoms with E-state index in [9.17, 15) is 9.90 Å². The first kappa shape index (κ1) is 20.4. The zero-order valence-electron chi connectivity index (χ0n) is 17.8. The van der Waals surface area contributed by atoms with Gasteiger partial charge in [0.05, 0.1) is 34.7 Å². The number of carbonyl (C=O) groups is 1. The van der Waals surface area contributed by atoms with Crippen LogP contribution >= 0.6 is 0 Å². The fourth-order valence-corrected chi connectivity index (χ4v) is 4.28. The largest absolute Gasteiger partial charge is 0.388 e. The van der Waals surface area contributed by atoms with Gasteiger partial charge in [-0.05, 0) is 62.2 Å². The average molecular weight is 408 g/mol. The van der Waals surface area contributed by atoms with E-state index in [0.717, 1.165) is 54.7 Å². The second kappa shape index (κ2) is 8.08. The molecule has 4 rings (SSSR count). The highest BCUT2D eigenvalue weighted by atomic mass is 16.3. The number of hydrogen-bond donors (Lipinski definition) is 3. The number of primary amides is 1. The summed E-state index contributed by atoms with van der Waals surface area (Å²) in [6.07, 6.45) is 3.94. The zero-order chi connectivity index (χ0) is 21.4. The molecule has 0 fully saturated rings. The molecule has 1 heterocycles. The number of aliphatic hydroxyl groups is 1. The molecule has 1 amide bonds. The summed E-state index contributed by atoms with van der Waals surface area (Å²) in [5, 5.41) is 10.5. The number of aromatic nitrogens is 2. The number of imidazole rings is 1. The summed E-state index contributed by atoms with van der Waals surface area (Å²) in [5.74, 6) is -0.483. The Labute approximate surface area is 176 Å². The number of amides is 1. The third-order valence-corrected chi connectivity index (χ3v) is 5.96. The summed E-state index contributed by atoms with van der Waals surface area (Å²) in [6.45, 7) is 1.59. The Hall–Kier alpha value is -2.90. The highest BCUT2D eigenvalue weighted by molar-refractivity contribution is 6.12. The van der Waals surface area contributed by atoms with Crippen LogP contribution in [0.15, 0.2) is 30.6 Å². The highest BCUT2D eigenvalue weighted by Crippen LogP contribution is 2.38. The quantitative estimate of drug-likeness (QED) is 0.584. The molecule has 4 N–H and O–H groups in total. The van der Waals surface area contributed by atoms with Crippen LogP contribution in [0.1, 0.15) is 40.4 Å². The fourth-order valence-electron chi connectivity index (χ4n) is 4.28. The number of anilines is 1. The number of hydrogen-bond acceptors (Lipinski definition) is 5. The number of aliphatic hydroxyl groups excluding tert-OH is 1. The first-order chi connectivity index (χ1) is 14.4. The van der Waals surface area contributed by atoms with Gasteiger partial charge in [0.15, 0.2) is 0 Å². The van der Waals surface area contributed by atoms with Crippen molar-refractivity contribution in [3.8, 4) is 11.1 Å². The van der Waals surface area contributed by atoms with Gasteiger partial charge in [-0.1, -0.05) is 12.1 Å². The van der Waals surface area contributed by atoms with Gasteiger partial charge in [0.2, 0.25) is 0 Å². The molecule has 0 saturated carbocycles. The molecule has 0 spiro atoms. The van der Waals surface area contributed by atoms with Gasteiger partial charge >= 0.3 is 0 Å². The predicted octanol–water partition coefficient (Wildman–Crippen LogP) is 2.70. The van der Waals surface area contributed by atoms with Crippen LogP contribution in [-0.2, 0) is 6.42 Å². The molecule has 0 aliphatic heterocycles. The zero-order valence-corrected chi connectivity index (χ0v) is 17.8. The van der Waals surface area contributed by atoms with Crippen molar-refractivity contribution in [3.63, 3.8) is 0 Å². The number of nitrogens with one attached hydrogen (secondary N) is 1. The van der Waals surface area contributed by atoms with E-state index in [1.165, 1.54) is 5.56 Å². The molecule has 3 aromatic rings. The minimum Gasteiger partial charge on any atom is -0.388 e. The van der Waals surface area contributed by atoms with E-state index in [4.69, 9.17) is 5.73 Å². The lowest BCUT2D eigenvalue weighted by molar-refractivity contribution is 0.100. The molecule has 0 saturated heterocycles. The molecule has 0 radical (unpaired) electrons. The summed E-state index contributed by atoms with van der Waals surface area (Å²) in [6, 6.07) is 8.24. The SMILES string of the molecule is CN(C)CCN(C)c1cc(-c2ccc3c(c2)C(O)CCC3)c2nc[nH]c2c1C(N)=O. The number of aromatic amines is 1. The van der Waals surface area contributed by atoms with Crippen molar-refractivity contribution < 1.29 is 9.90 Å². The van der Waals surface area contributed by atoms with Gasteiger partial charge in [-0.3, -0.25) is 4.79 Å². The van der Waals surface area contributed by atoms with Crippen molar-refractivity contribution in [2.75, 3.05) is 39.1 Å². The van der Waals surface area contributed by atoms with E-state index < -0.39 is 12.0 Å². The van der Waals surface area contributed by atoms with Crippen LogP contribution in [0.3, 0.4) is 0 Å². The van der Waals surface area contributed by atoms with Crippen molar-refractivity contribution in [2.45, 2.75) is 25.4 Å². The first-order valence-electron chi connectivity index (χ1n) is 10.3. The maximum atomic E-state index is 12.4. The standard InChI is InChI=1S/C23H29N5O2/c1-27(2)9-10-28(3)18-12-17(21-22(26-13-25-21)20(18)23(24)30)15-8-7-14-5-4-6-19(29)16(14)11-15/h7-8,11-13,19,29H,4-6,9-10H2,1-3H3,(H2,24,30)(H,25,26). The number of carbonyl (C=O) groups excluding carboxylic acids is 1. The van der Waals surface area contributed by atoms with Crippen molar-refractivity contribution >= 4 is 22.6 Å². The van der Waals surface area contributed by atoms with E-state index in [-0.39, 0.29) is 0 Å². The van der Waals surface area contributed by atoms with E-state index in [2.05, 4.69) is 38.0 Å². The van der Waals surface area contributed by atoms with Crippen LogP contribution in [0.4, 0.5) is 5.69 Å². The number of benzene rings is 2. The summed E-state index contributed by atoms with van der Waals surface area (Å²) in [7, 11) is 6.00. The minimum absolute atomic E-state index is 0.435. The second-order valence-electron chi connectivity index (χ2n) is 8.36. The topological polar surface area (TPSA) is 98.5 Å². The smallest absolute Gasteiger partial charge is 0.253 e. The molecule has 1 aliphatic carbocycles. The van der Waals surface area contributed by atoms with Crippen LogP contribution < -0.4 is 10.6 Å². The van der Waals surface area contributed by atoms with Gasteiger partial charge in [-0.15, -0.1) is 0 Å². The van der Waals surface area contributed by atoms with E-state index in [1.54, 1.807) is 6.33 Å². The molecule has 1 aromatic heterocycles. The van der Waals surface area contributed by atoms with E-state index in [0.29, 0.717) is 16.6 Å². The lowest BCUT2D eigenvalue weighted by Gasteiger charge is -2.25. The molecule has 1 aliphatic rings. The average Bonchev–Trinajstić information content (AvgIpc) is 3.20. The van der Waals surface area contributed by atoms with Crippen molar-refractivity contribution in [1.29, 1.82) is 0 Å². The maximum Gasteiger partial charge on any atom is 0.253 e. The molecule has 7 heteroatoms. The summed E-state index contributed by atoms with van der Waals surface area (Å²) >= 11 is 0. The normalized spacial score (nSPS) is 16.1. The maximum absolute atomic E-state index is 12.4. The van der Waals surface area contributed by atoms with Crippen LogP contribution in [0, 0.1) is 0 Å². The van der Waals surface area contributed by atoms with Crippen LogP contribution in [0.2, 0.25) is 0 Å². The van der Waals surface area contributed by atoms with Crippen LogP contribution in [0.25, 0.3) is 22.2 Å². The Morgan fingerprint density at radius 1 is 1.27 bits per heavy atom. The number of fused-ring (bicyclic) bond motifs is 2.